The minimum atomic E-state index is -0.502. The van der Waals surface area contributed by atoms with Crippen LogP contribution in [0.1, 0.15) is 40.5 Å². The molecule has 2 amide bonds. The lowest BCUT2D eigenvalue weighted by atomic mass is 10.1. The molecule has 2 aromatic rings. The van der Waals surface area contributed by atoms with Crippen LogP contribution < -0.4 is 20.1 Å². The zero-order valence-electron chi connectivity index (χ0n) is 20.6. The number of carbonyl (C=O) groups excluding carboxylic acids is 2. The van der Waals surface area contributed by atoms with E-state index in [1.165, 1.54) is 18.3 Å². The Morgan fingerprint density at radius 3 is 2.53 bits per heavy atom. The molecule has 1 heterocycles. The highest BCUT2D eigenvalue weighted by Crippen LogP contribution is 2.33. The predicted molar refractivity (Wildman–Crippen MR) is 138 cm³/mol. The molecule has 0 aromatic heterocycles. The number of carbonyl (C=O) groups is 2. The number of hydrogen-bond donors (Lipinski definition) is 3. The summed E-state index contributed by atoms with van der Waals surface area (Å²) in [5.41, 5.74) is 0.723. The molecule has 10 heteroatoms. The first kappa shape index (κ1) is 27.0. The van der Waals surface area contributed by atoms with Gasteiger partial charge >= 0.3 is 0 Å². The molecule has 1 saturated heterocycles. The van der Waals surface area contributed by atoms with E-state index in [2.05, 4.69) is 10.6 Å². The van der Waals surface area contributed by atoms with E-state index in [0.717, 1.165) is 19.5 Å². The number of amidine groups is 1. The van der Waals surface area contributed by atoms with Crippen molar-refractivity contribution in [2.45, 2.75) is 25.9 Å². The molecule has 36 heavy (non-hydrogen) atoms. The maximum absolute atomic E-state index is 12.8. The summed E-state index contributed by atoms with van der Waals surface area (Å²) in [6.07, 6.45) is 4.42. The maximum Gasteiger partial charge on any atom is 0.257 e. The Balaban J connectivity index is 1.86. The zero-order chi connectivity index (χ0) is 26.1. The highest BCUT2D eigenvalue weighted by molar-refractivity contribution is 6.32. The van der Waals surface area contributed by atoms with E-state index in [1.54, 1.807) is 49.4 Å². The molecule has 192 valence electrons. The summed E-state index contributed by atoms with van der Waals surface area (Å²) in [4.78, 5) is 27.1. The van der Waals surface area contributed by atoms with E-state index in [9.17, 15) is 9.59 Å². The van der Waals surface area contributed by atoms with Crippen LogP contribution in [0.3, 0.4) is 0 Å². The van der Waals surface area contributed by atoms with Crippen molar-refractivity contribution >= 4 is 29.3 Å². The van der Waals surface area contributed by atoms with Gasteiger partial charge in [0.1, 0.15) is 29.2 Å². The number of benzene rings is 2. The number of amides is 2. The Labute approximate surface area is 215 Å². The fourth-order valence-electron chi connectivity index (χ4n) is 3.39. The number of hydrogen-bond acceptors (Lipinski definition) is 7. The average molecular weight is 515 g/mol. The van der Waals surface area contributed by atoms with Crippen LogP contribution >= 0.6 is 11.6 Å². The van der Waals surface area contributed by atoms with Gasteiger partial charge in [-0.1, -0.05) is 18.5 Å². The summed E-state index contributed by atoms with van der Waals surface area (Å²) >= 11 is 6.43. The lowest BCUT2D eigenvalue weighted by Crippen LogP contribution is -2.41. The lowest BCUT2D eigenvalue weighted by molar-refractivity contribution is 0.0651. The molecule has 1 aliphatic rings. The predicted octanol–water partition coefficient (Wildman–Crippen LogP) is 4.22. The van der Waals surface area contributed by atoms with Crippen molar-refractivity contribution < 1.29 is 23.8 Å². The van der Waals surface area contributed by atoms with Gasteiger partial charge in [-0.15, -0.1) is 0 Å². The number of rotatable bonds is 11. The van der Waals surface area contributed by atoms with Gasteiger partial charge in [-0.25, -0.2) is 0 Å². The first-order chi connectivity index (χ1) is 17.3. The minimum absolute atomic E-state index is 0.0671. The molecular formula is C26H31ClN4O5. The van der Waals surface area contributed by atoms with Crippen molar-refractivity contribution in [3.63, 3.8) is 0 Å². The van der Waals surface area contributed by atoms with Gasteiger partial charge in [-0.3, -0.25) is 15.0 Å². The molecule has 1 unspecified atom stereocenters. The van der Waals surface area contributed by atoms with Crippen LogP contribution in [0.2, 0.25) is 5.02 Å². The van der Waals surface area contributed by atoms with Crippen LogP contribution in [-0.4, -0.2) is 62.5 Å². The maximum atomic E-state index is 12.8. The largest absolute Gasteiger partial charge is 0.488 e. The third-order valence-corrected chi connectivity index (χ3v) is 5.76. The van der Waals surface area contributed by atoms with Crippen LogP contribution in [0.25, 0.3) is 0 Å². The molecule has 0 radical (unpaired) electrons. The first-order valence-electron chi connectivity index (χ1n) is 11.7. The van der Waals surface area contributed by atoms with E-state index in [4.69, 9.17) is 31.2 Å². The molecule has 3 rings (SSSR count). The molecule has 0 bridgehead atoms. The summed E-state index contributed by atoms with van der Waals surface area (Å²) in [6, 6.07) is 9.62. The van der Waals surface area contributed by atoms with Gasteiger partial charge in [0.2, 0.25) is 0 Å². The number of nitrogens with zero attached hydrogens (tertiary/aromatic N) is 1. The van der Waals surface area contributed by atoms with Crippen LogP contribution in [0, 0.1) is 5.41 Å². The molecule has 0 spiro atoms. The summed E-state index contributed by atoms with van der Waals surface area (Å²) in [5.74, 6) is 0.388. The smallest absolute Gasteiger partial charge is 0.257 e. The number of nitrogens with one attached hydrogen (secondary N) is 3. The fourth-order valence-corrected chi connectivity index (χ4v) is 3.61. The van der Waals surface area contributed by atoms with Crippen LogP contribution in [0.4, 0.5) is 0 Å². The second-order valence-electron chi connectivity index (χ2n) is 8.18. The average Bonchev–Trinajstić information content (AvgIpc) is 2.82. The second kappa shape index (κ2) is 12.9. The minimum Gasteiger partial charge on any atom is -0.488 e. The summed E-state index contributed by atoms with van der Waals surface area (Å²) in [6.45, 7) is 3.84. The monoisotopic (exact) mass is 514 g/mol. The van der Waals surface area contributed by atoms with Crippen molar-refractivity contribution in [3.05, 3.63) is 64.8 Å². The van der Waals surface area contributed by atoms with Gasteiger partial charge < -0.3 is 29.7 Å². The molecule has 3 N–H and O–H groups in total. The molecule has 0 saturated carbocycles. The summed E-state index contributed by atoms with van der Waals surface area (Å²) in [7, 11) is 3.28. The fraction of sp³-hybridized carbons (Fsp3) is 0.346. The Hall–Kier alpha value is -3.56. The third kappa shape index (κ3) is 7.22. The van der Waals surface area contributed by atoms with Crippen molar-refractivity contribution in [1.29, 1.82) is 5.41 Å². The van der Waals surface area contributed by atoms with Crippen LogP contribution in [0.5, 0.6) is 17.2 Å². The van der Waals surface area contributed by atoms with Crippen molar-refractivity contribution in [3.8, 4) is 17.2 Å². The molecule has 2 aromatic carbocycles. The van der Waals surface area contributed by atoms with Gasteiger partial charge in [0.25, 0.3) is 11.8 Å². The molecule has 1 fully saturated rings. The molecule has 0 aliphatic carbocycles. The van der Waals surface area contributed by atoms with Crippen LogP contribution in [0.15, 0.2) is 48.7 Å². The van der Waals surface area contributed by atoms with Crippen molar-refractivity contribution in [1.82, 2.24) is 15.5 Å². The van der Waals surface area contributed by atoms with Gasteiger partial charge in [0, 0.05) is 44.4 Å². The van der Waals surface area contributed by atoms with E-state index in [-0.39, 0.29) is 28.4 Å². The highest BCUT2D eigenvalue weighted by atomic mass is 35.5. The van der Waals surface area contributed by atoms with Gasteiger partial charge in [0.05, 0.1) is 11.6 Å². The Morgan fingerprint density at radius 2 is 1.92 bits per heavy atom. The SMILES string of the molecule is CCC(COC)Oc1cc(Oc2ccc(C(=O)N3CCC3)cc2Cl)cc(C(=O)NC(=N)/C=C\NC)c1. The highest BCUT2D eigenvalue weighted by Gasteiger charge is 2.22. The Bertz CT molecular complexity index is 1130. The second-order valence-corrected chi connectivity index (χ2v) is 8.59. The van der Waals surface area contributed by atoms with E-state index in [0.29, 0.717) is 35.8 Å². The normalized spacial score (nSPS) is 13.6. The van der Waals surface area contributed by atoms with Crippen molar-refractivity contribution in [2.75, 3.05) is 33.9 Å². The number of ether oxygens (including phenoxy) is 3. The first-order valence-corrected chi connectivity index (χ1v) is 12.0. The Morgan fingerprint density at radius 1 is 1.17 bits per heavy atom. The number of halogens is 1. The standard InChI is InChI=1S/C26H31ClN4O5/c1-4-19(16-34-3)35-20-12-18(25(32)30-24(28)8-9-29-2)13-21(15-20)36-23-7-6-17(14-22(23)27)26(33)31-10-5-11-31/h6-9,12-15,19,29H,4-5,10-11,16H2,1-3H3,(H2,28,30,32)/b9-8-. The number of methoxy groups -OCH3 is 1. The summed E-state index contributed by atoms with van der Waals surface area (Å²) < 4.78 is 17.2. The lowest BCUT2D eigenvalue weighted by Gasteiger charge is -2.31. The van der Waals surface area contributed by atoms with Gasteiger partial charge in [-0.05, 0) is 55.4 Å². The molecule has 1 atom stereocenters. The van der Waals surface area contributed by atoms with Gasteiger partial charge in [-0.2, -0.15) is 0 Å². The van der Waals surface area contributed by atoms with E-state index < -0.39 is 5.91 Å². The Kier molecular flexibility index (Phi) is 9.72. The summed E-state index contributed by atoms with van der Waals surface area (Å²) in [5, 5.41) is 13.4. The molecular weight excluding hydrogens is 484 g/mol. The molecule has 1 aliphatic heterocycles. The van der Waals surface area contributed by atoms with E-state index in [1.807, 2.05) is 6.92 Å². The topological polar surface area (TPSA) is 113 Å². The quantitative estimate of drug-likeness (QED) is 0.305. The third-order valence-electron chi connectivity index (χ3n) is 5.47. The van der Waals surface area contributed by atoms with E-state index >= 15 is 0 Å². The zero-order valence-corrected chi connectivity index (χ0v) is 21.4. The van der Waals surface area contributed by atoms with Crippen molar-refractivity contribution in [2.24, 2.45) is 0 Å². The number of likely N-dealkylation sites (tertiary alicyclic amines) is 1. The van der Waals surface area contributed by atoms with Crippen LogP contribution in [-0.2, 0) is 4.74 Å². The van der Waals surface area contributed by atoms with Gasteiger partial charge in [0.15, 0.2) is 0 Å². The molecule has 9 nitrogen and oxygen atoms in total.